The Morgan fingerprint density at radius 2 is 2.50 bits per heavy atom. The fourth-order valence-electron chi connectivity index (χ4n) is 2.35. The van der Waals surface area contributed by atoms with Crippen molar-refractivity contribution in [3.8, 4) is 0 Å². The second kappa shape index (κ2) is 2.73. The molecule has 12 heavy (non-hydrogen) atoms. The lowest BCUT2D eigenvalue weighted by atomic mass is 9.96. The molecule has 0 aromatic rings. The zero-order chi connectivity index (χ0) is 8.60. The van der Waals surface area contributed by atoms with E-state index in [1.807, 2.05) is 0 Å². The van der Waals surface area contributed by atoms with Gasteiger partial charge in [0.25, 0.3) is 0 Å². The van der Waals surface area contributed by atoms with Crippen molar-refractivity contribution in [3.05, 3.63) is 0 Å². The molecule has 2 atom stereocenters. The second-order valence-corrected chi connectivity index (χ2v) is 4.17. The maximum atomic E-state index is 11.1. The van der Waals surface area contributed by atoms with Crippen LogP contribution in [0.3, 0.4) is 0 Å². The Kier molecular flexibility index (Phi) is 1.83. The van der Waals surface area contributed by atoms with Gasteiger partial charge in [-0.05, 0) is 25.2 Å². The molecular formula is C9H15NO2. The number of carbonyl (C=O) groups excluding carboxylic acids is 1. The van der Waals surface area contributed by atoms with Crippen LogP contribution < -0.4 is 5.32 Å². The van der Waals surface area contributed by atoms with Crippen LogP contribution in [-0.2, 0) is 9.53 Å². The number of amides is 1. The van der Waals surface area contributed by atoms with E-state index in [9.17, 15) is 4.79 Å². The summed E-state index contributed by atoms with van der Waals surface area (Å²) in [6.45, 7) is 3.19. The Labute approximate surface area is 72.5 Å². The van der Waals surface area contributed by atoms with E-state index in [0.717, 1.165) is 18.8 Å². The van der Waals surface area contributed by atoms with Crippen molar-refractivity contribution >= 4 is 5.91 Å². The molecule has 2 aliphatic rings. The summed E-state index contributed by atoms with van der Waals surface area (Å²) in [5.41, 5.74) is -0.00521. The van der Waals surface area contributed by atoms with E-state index in [1.165, 1.54) is 6.42 Å². The Balaban J connectivity index is 2.05. The average Bonchev–Trinajstić information content (AvgIpc) is 2.32. The largest absolute Gasteiger partial charge is 0.369 e. The fourth-order valence-corrected chi connectivity index (χ4v) is 2.35. The van der Waals surface area contributed by atoms with Crippen LogP contribution in [-0.4, -0.2) is 24.7 Å². The molecule has 0 bridgehead atoms. The van der Waals surface area contributed by atoms with Crippen LogP contribution in [0.5, 0.6) is 0 Å². The zero-order valence-corrected chi connectivity index (χ0v) is 7.43. The molecule has 2 unspecified atom stereocenters. The van der Waals surface area contributed by atoms with Gasteiger partial charge in [0.2, 0.25) is 5.91 Å². The van der Waals surface area contributed by atoms with Crippen LogP contribution in [0.15, 0.2) is 0 Å². The standard InChI is InChI=1S/C9H15NO2/c1-7-2-3-9(4-7)6-12-5-8(11)10-9/h7H,2-6H2,1H3,(H,10,11). The molecule has 1 aliphatic heterocycles. The van der Waals surface area contributed by atoms with Crippen molar-refractivity contribution in [2.75, 3.05) is 13.2 Å². The Morgan fingerprint density at radius 3 is 3.08 bits per heavy atom. The number of hydrogen-bond donors (Lipinski definition) is 1. The number of morpholine rings is 1. The van der Waals surface area contributed by atoms with Crippen molar-refractivity contribution in [1.82, 2.24) is 5.32 Å². The molecule has 1 amide bonds. The summed E-state index contributed by atoms with van der Waals surface area (Å²) < 4.78 is 5.26. The molecular weight excluding hydrogens is 154 g/mol. The predicted octanol–water partition coefficient (Wildman–Crippen LogP) is 0.692. The van der Waals surface area contributed by atoms with Gasteiger partial charge in [0.15, 0.2) is 0 Å². The third kappa shape index (κ3) is 1.33. The summed E-state index contributed by atoms with van der Waals surface area (Å²) >= 11 is 0. The molecule has 1 saturated carbocycles. The molecule has 1 heterocycles. The highest BCUT2D eigenvalue weighted by molar-refractivity contribution is 5.78. The Bertz CT molecular complexity index is 201. The van der Waals surface area contributed by atoms with E-state index in [2.05, 4.69) is 12.2 Å². The molecule has 0 aromatic carbocycles. The lowest BCUT2D eigenvalue weighted by molar-refractivity contribution is -0.135. The van der Waals surface area contributed by atoms with Crippen molar-refractivity contribution < 1.29 is 9.53 Å². The van der Waals surface area contributed by atoms with Gasteiger partial charge >= 0.3 is 0 Å². The quantitative estimate of drug-likeness (QED) is 0.579. The minimum absolute atomic E-state index is 0.00521. The summed E-state index contributed by atoms with van der Waals surface area (Å²) in [6, 6.07) is 0. The third-order valence-corrected chi connectivity index (χ3v) is 2.87. The monoisotopic (exact) mass is 169 g/mol. The van der Waals surface area contributed by atoms with Crippen molar-refractivity contribution in [2.24, 2.45) is 5.92 Å². The highest BCUT2D eigenvalue weighted by Gasteiger charge is 2.41. The number of rotatable bonds is 0. The van der Waals surface area contributed by atoms with Gasteiger partial charge in [-0.1, -0.05) is 6.92 Å². The first kappa shape index (κ1) is 8.05. The molecule has 2 rings (SSSR count). The number of nitrogens with one attached hydrogen (secondary N) is 1. The topological polar surface area (TPSA) is 38.3 Å². The minimum atomic E-state index is -0.00521. The van der Waals surface area contributed by atoms with Gasteiger partial charge in [0.1, 0.15) is 6.61 Å². The molecule has 3 heteroatoms. The number of ether oxygens (including phenoxy) is 1. The second-order valence-electron chi connectivity index (χ2n) is 4.17. The van der Waals surface area contributed by atoms with E-state index in [1.54, 1.807) is 0 Å². The van der Waals surface area contributed by atoms with E-state index in [4.69, 9.17) is 4.74 Å². The third-order valence-electron chi connectivity index (χ3n) is 2.87. The first-order chi connectivity index (χ1) is 5.70. The van der Waals surface area contributed by atoms with Gasteiger partial charge in [0.05, 0.1) is 12.1 Å². The summed E-state index contributed by atoms with van der Waals surface area (Å²) in [5.74, 6) is 0.780. The van der Waals surface area contributed by atoms with Gasteiger partial charge in [0, 0.05) is 0 Å². The van der Waals surface area contributed by atoms with Crippen LogP contribution in [0.25, 0.3) is 0 Å². The van der Waals surface area contributed by atoms with Gasteiger partial charge < -0.3 is 10.1 Å². The van der Waals surface area contributed by atoms with Crippen LogP contribution in [0.2, 0.25) is 0 Å². The predicted molar refractivity (Wildman–Crippen MR) is 44.7 cm³/mol. The highest BCUT2D eigenvalue weighted by Crippen LogP contribution is 2.35. The molecule has 1 aliphatic carbocycles. The van der Waals surface area contributed by atoms with Crippen molar-refractivity contribution in [3.63, 3.8) is 0 Å². The average molecular weight is 169 g/mol. The lowest BCUT2D eigenvalue weighted by Crippen LogP contribution is -2.55. The SMILES string of the molecule is CC1CCC2(COCC(=O)N2)C1. The van der Waals surface area contributed by atoms with Gasteiger partial charge in [-0.2, -0.15) is 0 Å². The molecule has 1 saturated heterocycles. The molecule has 1 spiro atoms. The van der Waals surface area contributed by atoms with Crippen molar-refractivity contribution in [1.29, 1.82) is 0 Å². The molecule has 1 N–H and O–H groups in total. The van der Waals surface area contributed by atoms with E-state index < -0.39 is 0 Å². The van der Waals surface area contributed by atoms with E-state index in [-0.39, 0.29) is 18.1 Å². The Hall–Kier alpha value is -0.570. The molecule has 0 radical (unpaired) electrons. The molecule has 0 aromatic heterocycles. The fraction of sp³-hybridized carbons (Fsp3) is 0.889. The summed E-state index contributed by atoms with van der Waals surface area (Å²) in [7, 11) is 0. The summed E-state index contributed by atoms with van der Waals surface area (Å²) in [5, 5.41) is 3.06. The zero-order valence-electron chi connectivity index (χ0n) is 7.43. The highest BCUT2D eigenvalue weighted by atomic mass is 16.5. The van der Waals surface area contributed by atoms with Crippen molar-refractivity contribution in [2.45, 2.75) is 31.7 Å². The normalized spacial score (nSPS) is 41.8. The maximum Gasteiger partial charge on any atom is 0.246 e. The molecule has 3 nitrogen and oxygen atoms in total. The van der Waals surface area contributed by atoms with E-state index in [0.29, 0.717) is 6.61 Å². The smallest absolute Gasteiger partial charge is 0.246 e. The van der Waals surface area contributed by atoms with Gasteiger partial charge in [-0.15, -0.1) is 0 Å². The van der Waals surface area contributed by atoms with Crippen LogP contribution in [0.4, 0.5) is 0 Å². The molecule has 68 valence electrons. The number of hydrogen-bond acceptors (Lipinski definition) is 2. The summed E-state index contributed by atoms with van der Waals surface area (Å²) in [6.07, 6.45) is 3.38. The van der Waals surface area contributed by atoms with Crippen LogP contribution >= 0.6 is 0 Å². The maximum absolute atomic E-state index is 11.1. The van der Waals surface area contributed by atoms with Gasteiger partial charge in [-0.3, -0.25) is 4.79 Å². The first-order valence-electron chi connectivity index (χ1n) is 4.59. The van der Waals surface area contributed by atoms with Gasteiger partial charge in [-0.25, -0.2) is 0 Å². The molecule has 2 fully saturated rings. The first-order valence-corrected chi connectivity index (χ1v) is 4.59. The number of carbonyl (C=O) groups is 1. The van der Waals surface area contributed by atoms with Crippen LogP contribution in [0.1, 0.15) is 26.2 Å². The Morgan fingerprint density at radius 1 is 1.67 bits per heavy atom. The van der Waals surface area contributed by atoms with Crippen LogP contribution in [0, 0.1) is 5.92 Å². The van der Waals surface area contributed by atoms with E-state index >= 15 is 0 Å². The summed E-state index contributed by atoms with van der Waals surface area (Å²) in [4.78, 5) is 11.1. The lowest BCUT2D eigenvalue weighted by Gasteiger charge is -2.34. The minimum Gasteiger partial charge on any atom is -0.369 e.